The average Bonchev–Trinajstić information content (AvgIpc) is 2.62. The molecule has 0 saturated heterocycles. The molecule has 0 saturated carbocycles. The summed E-state index contributed by atoms with van der Waals surface area (Å²) in [6.07, 6.45) is 19.3. The van der Waals surface area contributed by atoms with Crippen molar-refractivity contribution in [3.05, 3.63) is 0 Å². The molecule has 0 bridgehead atoms. The predicted molar refractivity (Wildman–Crippen MR) is 126 cm³/mol. The van der Waals surface area contributed by atoms with Crippen molar-refractivity contribution in [1.29, 1.82) is 0 Å². The Bertz CT molecular complexity index is 387. The Kier molecular flexibility index (Phi) is 17.8. The van der Waals surface area contributed by atoms with E-state index in [0.717, 1.165) is 6.42 Å². The molecule has 0 heterocycles. The number of hydrogen-bond donors (Lipinski definition) is 1. The zero-order chi connectivity index (χ0) is 21.3. The molecular formula is C22H50AsO4P. The van der Waals surface area contributed by atoms with Crippen LogP contribution < -0.4 is 0 Å². The van der Waals surface area contributed by atoms with Crippen LogP contribution in [-0.4, -0.2) is 29.6 Å². The molecule has 0 aromatic heterocycles. The zero-order valence-corrected chi connectivity index (χ0v) is 22.6. The average molecular weight is 485 g/mol. The Morgan fingerprint density at radius 2 is 1.14 bits per heavy atom. The topological polar surface area (TPSA) is 55.8 Å². The third-order valence-electron chi connectivity index (χ3n) is 5.69. The second-order valence-corrected chi connectivity index (χ2v) is 20.9. The number of ether oxygens (including phenoxy) is 1. The van der Waals surface area contributed by atoms with Gasteiger partial charge in [-0.1, -0.05) is 39.0 Å². The van der Waals surface area contributed by atoms with Crippen LogP contribution in [0.3, 0.4) is 0 Å². The van der Waals surface area contributed by atoms with Gasteiger partial charge in [-0.3, -0.25) is 0 Å². The molecule has 0 aliphatic carbocycles. The van der Waals surface area contributed by atoms with Gasteiger partial charge in [-0.2, -0.15) is 0 Å². The van der Waals surface area contributed by atoms with Gasteiger partial charge in [0.15, 0.2) is 0 Å². The molecular weight excluding hydrogens is 434 g/mol. The van der Waals surface area contributed by atoms with Crippen LogP contribution in [-0.2, 0) is 13.8 Å². The van der Waals surface area contributed by atoms with Gasteiger partial charge in [0.05, 0.1) is 0 Å². The summed E-state index contributed by atoms with van der Waals surface area (Å²) in [5.74, 6) is 0. The fourth-order valence-electron chi connectivity index (χ4n) is 3.78. The van der Waals surface area contributed by atoms with E-state index in [4.69, 9.17) is 9.26 Å². The first kappa shape index (κ1) is 28.7. The quantitative estimate of drug-likeness (QED) is 0.0837. The molecule has 0 rings (SSSR count). The van der Waals surface area contributed by atoms with Crippen molar-refractivity contribution in [2.45, 2.75) is 132 Å². The van der Waals surface area contributed by atoms with Gasteiger partial charge in [0.1, 0.15) is 0 Å². The van der Waals surface area contributed by atoms with Gasteiger partial charge < -0.3 is 0 Å². The SMILES string of the molecule is CCCCCCCCCCCCCCCCOC(CC)(O[PH](=O)O)[AsH](C)(C)C. The van der Waals surface area contributed by atoms with Crippen LogP contribution in [0.25, 0.3) is 0 Å². The van der Waals surface area contributed by atoms with E-state index in [2.05, 4.69) is 24.1 Å². The minimum absolute atomic E-state index is 0.629. The first-order valence-electron chi connectivity index (χ1n) is 11.8. The summed E-state index contributed by atoms with van der Waals surface area (Å²) in [6, 6.07) is 0. The van der Waals surface area contributed by atoms with Crippen molar-refractivity contribution in [2.75, 3.05) is 6.61 Å². The van der Waals surface area contributed by atoms with Gasteiger partial charge in [-0.15, -0.1) is 0 Å². The molecule has 6 heteroatoms. The van der Waals surface area contributed by atoms with E-state index in [9.17, 15) is 9.46 Å². The van der Waals surface area contributed by atoms with Crippen molar-refractivity contribution in [3.63, 3.8) is 0 Å². The van der Waals surface area contributed by atoms with E-state index in [1.807, 2.05) is 6.92 Å². The van der Waals surface area contributed by atoms with E-state index in [-0.39, 0.29) is 0 Å². The Hall–Kier alpha value is 0.668. The molecule has 28 heavy (non-hydrogen) atoms. The molecule has 172 valence electrons. The predicted octanol–water partition coefficient (Wildman–Crippen LogP) is 7.60. The van der Waals surface area contributed by atoms with Crippen LogP contribution in [0, 0.1) is 0 Å². The Balaban J connectivity index is 3.68. The van der Waals surface area contributed by atoms with E-state index in [0.29, 0.717) is 13.0 Å². The summed E-state index contributed by atoms with van der Waals surface area (Å²) in [4.78, 5) is 9.28. The first-order chi connectivity index (χ1) is 13.3. The van der Waals surface area contributed by atoms with Crippen molar-refractivity contribution in [2.24, 2.45) is 0 Å². The van der Waals surface area contributed by atoms with Crippen molar-refractivity contribution in [1.82, 2.24) is 0 Å². The van der Waals surface area contributed by atoms with E-state index < -0.39 is 26.4 Å². The summed E-state index contributed by atoms with van der Waals surface area (Å²) < 4.78 is 22.0. The van der Waals surface area contributed by atoms with Crippen molar-refractivity contribution < 1.29 is 18.7 Å². The van der Waals surface area contributed by atoms with E-state index in [1.165, 1.54) is 83.5 Å². The van der Waals surface area contributed by atoms with Gasteiger partial charge in [-0.25, -0.2) is 0 Å². The number of unbranched alkanes of at least 4 members (excludes halogenated alkanes) is 13. The normalized spacial score (nSPS) is 16.1. The molecule has 0 aromatic rings. The molecule has 1 N–H and O–H groups in total. The number of hydrogen-bond acceptors (Lipinski definition) is 3. The van der Waals surface area contributed by atoms with E-state index >= 15 is 0 Å². The third kappa shape index (κ3) is 13.8. The monoisotopic (exact) mass is 484 g/mol. The van der Waals surface area contributed by atoms with Gasteiger partial charge in [0.25, 0.3) is 0 Å². The second kappa shape index (κ2) is 17.4. The maximum absolute atomic E-state index is 11.3. The Labute approximate surface area is 178 Å². The van der Waals surface area contributed by atoms with Crippen LogP contribution in [0.4, 0.5) is 0 Å². The van der Waals surface area contributed by atoms with Crippen LogP contribution in [0.5, 0.6) is 0 Å². The fraction of sp³-hybridized carbons (Fsp3) is 1.00. The van der Waals surface area contributed by atoms with Gasteiger partial charge >= 0.3 is 140 Å². The van der Waals surface area contributed by atoms with Crippen LogP contribution in [0.15, 0.2) is 0 Å². The molecule has 0 aromatic carbocycles. The third-order valence-corrected chi connectivity index (χ3v) is 12.7. The zero-order valence-electron chi connectivity index (χ0n) is 19.5. The van der Waals surface area contributed by atoms with Crippen LogP contribution in [0.2, 0.25) is 17.1 Å². The summed E-state index contributed by atoms with van der Waals surface area (Å²) in [6.45, 7) is 4.89. The van der Waals surface area contributed by atoms with E-state index in [1.54, 1.807) is 0 Å². The second-order valence-electron chi connectivity index (χ2n) is 9.17. The Morgan fingerprint density at radius 3 is 1.46 bits per heavy atom. The molecule has 2 unspecified atom stereocenters. The molecule has 4 nitrogen and oxygen atoms in total. The molecule has 0 aliphatic rings. The summed E-state index contributed by atoms with van der Waals surface area (Å²) in [5.41, 5.74) is 6.54. The molecule has 0 fully saturated rings. The minimum atomic E-state index is -2.98. The number of rotatable bonds is 20. The fourth-order valence-corrected chi connectivity index (χ4v) is 10.4. The first-order valence-corrected chi connectivity index (χ1v) is 20.5. The molecule has 0 amide bonds. The summed E-state index contributed by atoms with van der Waals surface area (Å²) >= 11 is -2.42. The van der Waals surface area contributed by atoms with Gasteiger partial charge in [0.2, 0.25) is 0 Å². The summed E-state index contributed by atoms with van der Waals surface area (Å²) in [7, 11) is -2.98. The Morgan fingerprint density at radius 1 is 0.750 bits per heavy atom. The van der Waals surface area contributed by atoms with Crippen molar-refractivity contribution >= 4 is 21.8 Å². The maximum atomic E-state index is 11.3. The standard InChI is InChI=1S/C22H50AsO4P/c1-6-8-9-10-11-12-13-14-15-16-17-18-19-20-21-26-22(7-2,23(3,4)5)27-28(24)25/h23,28H,6-21H2,1-5H3,(H,24,25). The van der Waals surface area contributed by atoms with Crippen LogP contribution in [0.1, 0.15) is 110 Å². The van der Waals surface area contributed by atoms with Crippen molar-refractivity contribution in [3.8, 4) is 0 Å². The van der Waals surface area contributed by atoms with Gasteiger partial charge in [-0.05, 0) is 0 Å². The molecule has 0 aliphatic heterocycles. The summed E-state index contributed by atoms with van der Waals surface area (Å²) in [5, 5.41) is 0. The van der Waals surface area contributed by atoms with Crippen LogP contribution >= 0.6 is 8.25 Å². The molecule has 0 spiro atoms. The molecule has 2 atom stereocenters. The molecule has 0 radical (unpaired) electrons. The van der Waals surface area contributed by atoms with Gasteiger partial charge in [0, 0.05) is 0 Å².